The molecule has 0 N–H and O–H groups in total. The fourth-order valence-corrected chi connectivity index (χ4v) is 5.70. The van der Waals surface area contributed by atoms with Crippen molar-refractivity contribution in [3.8, 4) is 39.5 Å². The van der Waals surface area contributed by atoms with Crippen LogP contribution in [0.4, 0.5) is 0 Å². The van der Waals surface area contributed by atoms with E-state index in [1.807, 2.05) is 36.7 Å². The Morgan fingerprint density at radius 3 is 2.05 bits per heavy atom. The van der Waals surface area contributed by atoms with E-state index in [0.717, 1.165) is 61.4 Å². The molecule has 8 aromatic rings. The van der Waals surface area contributed by atoms with Crippen LogP contribution in [0, 0.1) is 0 Å². The Labute approximate surface area is 237 Å². The van der Waals surface area contributed by atoms with Crippen molar-refractivity contribution in [3.05, 3.63) is 146 Å². The fourth-order valence-electron chi connectivity index (χ4n) is 5.70. The van der Waals surface area contributed by atoms with Crippen LogP contribution in [0.25, 0.3) is 72.2 Å². The zero-order valence-corrected chi connectivity index (χ0v) is 22.1. The quantitative estimate of drug-likeness (QED) is 0.231. The van der Waals surface area contributed by atoms with Gasteiger partial charge in [0.05, 0.1) is 33.6 Å². The van der Waals surface area contributed by atoms with Crippen molar-refractivity contribution < 1.29 is 0 Å². The van der Waals surface area contributed by atoms with E-state index in [4.69, 9.17) is 4.98 Å². The molecular weight excluding hydrogens is 500 g/mol. The fraction of sp³-hybridized carbons (Fsp3) is 0. The zero-order chi connectivity index (χ0) is 27.2. The van der Waals surface area contributed by atoms with E-state index in [2.05, 4.69) is 124 Å². The number of nitrogens with zero attached hydrogens (tertiary/aromatic N) is 4. The second-order valence-corrected chi connectivity index (χ2v) is 10.2. The predicted octanol–water partition coefficient (Wildman–Crippen LogP) is 9.12. The molecule has 4 heteroatoms. The second kappa shape index (κ2) is 9.54. The van der Waals surface area contributed by atoms with E-state index >= 15 is 0 Å². The highest BCUT2D eigenvalue weighted by atomic mass is 15.0. The summed E-state index contributed by atoms with van der Waals surface area (Å²) in [6, 6.07) is 46.5. The van der Waals surface area contributed by atoms with Gasteiger partial charge in [-0.05, 0) is 82.6 Å². The summed E-state index contributed by atoms with van der Waals surface area (Å²) in [5, 5.41) is 3.57. The smallest absolute Gasteiger partial charge is 0.0963 e. The Morgan fingerprint density at radius 1 is 0.439 bits per heavy atom. The highest BCUT2D eigenvalue weighted by molar-refractivity contribution is 6.06. The van der Waals surface area contributed by atoms with Crippen LogP contribution in [-0.2, 0) is 0 Å². The molecule has 0 saturated heterocycles. The summed E-state index contributed by atoms with van der Waals surface area (Å²) in [5.74, 6) is 0. The molecule has 0 spiro atoms. The van der Waals surface area contributed by atoms with Crippen LogP contribution < -0.4 is 0 Å². The van der Waals surface area contributed by atoms with Crippen LogP contribution in [0.3, 0.4) is 0 Å². The van der Waals surface area contributed by atoms with Gasteiger partial charge in [-0.3, -0.25) is 9.97 Å². The molecule has 4 aromatic carbocycles. The molecule has 0 atom stereocenters. The number of rotatable bonds is 4. The van der Waals surface area contributed by atoms with Gasteiger partial charge < -0.3 is 4.57 Å². The minimum absolute atomic E-state index is 0.851. The minimum Gasteiger partial charge on any atom is -0.308 e. The summed E-state index contributed by atoms with van der Waals surface area (Å²) in [7, 11) is 0. The number of hydrogen-bond acceptors (Lipinski definition) is 3. The van der Waals surface area contributed by atoms with Crippen LogP contribution in [0.1, 0.15) is 0 Å². The second-order valence-electron chi connectivity index (χ2n) is 10.2. The van der Waals surface area contributed by atoms with E-state index in [9.17, 15) is 0 Å². The van der Waals surface area contributed by atoms with Gasteiger partial charge in [0.1, 0.15) is 0 Å². The molecule has 0 aliphatic heterocycles. The monoisotopic (exact) mass is 524 g/mol. The molecule has 8 rings (SSSR count). The SMILES string of the molecule is c1ccc(-c2cc(-c3ccc(-n4c5ccccc5c5ncccc54)cc3)cc(-c3ccc4ccccc4c3)n2)nc1. The lowest BCUT2D eigenvalue weighted by molar-refractivity contribution is 1.17. The maximum absolute atomic E-state index is 5.06. The zero-order valence-electron chi connectivity index (χ0n) is 22.1. The normalized spacial score (nSPS) is 11.4. The number of hydrogen-bond donors (Lipinski definition) is 0. The molecule has 41 heavy (non-hydrogen) atoms. The van der Waals surface area contributed by atoms with Gasteiger partial charge >= 0.3 is 0 Å². The summed E-state index contributed by atoms with van der Waals surface area (Å²) in [4.78, 5) is 14.3. The van der Waals surface area contributed by atoms with Crippen LogP contribution >= 0.6 is 0 Å². The van der Waals surface area contributed by atoms with Crippen LogP contribution in [-0.4, -0.2) is 19.5 Å². The number of aromatic nitrogens is 4. The van der Waals surface area contributed by atoms with Crippen molar-refractivity contribution in [2.45, 2.75) is 0 Å². The van der Waals surface area contributed by atoms with E-state index < -0.39 is 0 Å². The number of pyridine rings is 3. The first kappa shape index (κ1) is 23.3. The van der Waals surface area contributed by atoms with Gasteiger partial charge in [-0.25, -0.2) is 4.98 Å². The Hall–Kier alpha value is -5.61. The first-order valence-corrected chi connectivity index (χ1v) is 13.7. The molecule has 0 saturated carbocycles. The molecular formula is C37H24N4. The molecule has 4 heterocycles. The molecule has 0 unspecified atom stereocenters. The number of fused-ring (bicyclic) bond motifs is 4. The molecule has 0 aliphatic carbocycles. The third-order valence-corrected chi connectivity index (χ3v) is 7.68. The van der Waals surface area contributed by atoms with E-state index in [-0.39, 0.29) is 0 Å². The maximum Gasteiger partial charge on any atom is 0.0963 e. The summed E-state index contributed by atoms with van der Waals surface area (Å²) < 4.78 is 2.29. The molecule has 0 radical (unpaired) electrons. The average molecular weight is 525 g/mol. The molecule has 0 amide bonds. The Morgan fingerprint density at radius 2 is 1.17 bits per heavy atom. The highest BCUT2D eigenvalue weighted by Gasteiger charge is 2.14. The van der Waals surface area contributed by atoms with Crippen molar-refractivity contribution in [3.63, 3.8) is 0 Å². The molecule has 0 aliphatic rings. The lowest BCUT2D eigenvalue weighted by Gasteiger charge is -2.12. The maximum atomic E-state index is 5.06. The van der Waals surface area contributed by atoms with Crippen LogP contribution in [0.5, 0.6) is 0 Å². The molecule has 4 aromatic heterocycles. The van der Waals surface area contributed by atoms with E-state index in [1.54, 1.807) is 0 Å². The van der Waals surface area contributed by atoms with Gasteiger partial charge in [0.2, 0.25) is 0 Å². The Kier molecular flexibility index (Phi) is 5.42. The number of benzene rings is 4. The van der Waals surface area contributed by atoms with Crippen molar-refractivity contribution in [2.24, 2.45) is 0 Å². The van der Waals surface area contributed by atoms with Gasteiger partial charge in [-0.1, -0.05) is 72.8 Å². The minimum atomic E-state index is 0.851. The van der Waals surface area contributed by atoms with Crippen LogP contribution in [0.2, 0.25) is 0 Å². The van der Waals surface area contributed by atoms with Crippen molar-refractivity contribution >= 4 is 32.7 Å². The molecule has 192 valence electrons. The topological polar surface area (TPSA) is 43.6 Å². The van der Waals surface area contributed by atoms with Gasteiger partial charge in [0.15, 0.2) is 0 Å². The first-order valence-electron chi connectivity index (χ1n) is 13.7. The molecule has 0 bridgehead atoms. The number of para-hydroxylation sites is 1. The standard InChI is InChI=1S/C37H24N4/c1-2-9-27-22-28(15-14-25(27)8-1)33-23-29(24-34(40-33)32-11-5-6-20-38-32)26-16-18-30(19-17-26)41-35-12-4-3-10-31(35)37-36(41)13-7-21-39-37/h1-24H. The summed E-state index contributed by atoms with van der Waals surface area (Å²) >= 11 is 0. The summed E-state index contributed by atoms with van der Waals surface area (Å²) in [6.07, 6.45) is 3.67. The van der Waals surface area contributed by atoms with Gasteiger partial charge in [-0.2, -0.15) is 0 Å². The Balaban J connectivity index is 1.27. The summed E-state index contributed by atoms with van der Waals surface area (Å²) in [6.45, 7) is 0. The molecule has 0 fully saturated rings. The van der Waals surface area contributed by atoms with Gasteiger partial charge in [-0.15, -0.1) is 0 Å². The largest absolute Gasteiger partial charge is 0.308 e. The van der Waals surface area contributed by atoms with Crippen molar-refractivity contribution in [2.75, 3.05) is 0 Å². The van der Waals surface area contributed by atoms with Gasteiger partial charge in [0, 0.05) is 29.0 Å². The Bertz CT molecular complexity index is 2140. The van der Waals surface area contributed by atoms with Crippen LogP contribution in [0.15, 0.2) is 146 Å². The van der Waals surface area contributed by atoms with E-state index in [1.165, 1.54) is 10.8 Å². The highest BCUT2D eigenvalue weighted by Crippen LogP contribution is 2.34. The average Bonchev–Trinajstić information content (AvgIpc) is 3.39. The third kappa shape index (κ3) is 4.05. The summed E-state index contributed by atoms with van der Waals surface area (Å²) in [5.41, 5.74) is 10.3. The van der Waals surface area contributed by atoms with Crippen molar-refractivity contribution in [1.29, 1.82) is 0 Å². The lowest BCUT2D eigenvalue weighted by Crippen LogP contribution is -1.95. The predicted molar refractivity (Wildman–Crippen MR) is 168 cm³/mol. The molecule has 4 nitrogen and oxygen atoms in total. The van der Waals surface area contributed by atoms with Gasteiger partial charge in [0.25, 0.3) is 0 Å². The van der Waals surface area contributed by atoms with Crippen molar-refractivity contribution in [1.82, 2.24) is 19.5 Å². The van der Waals surface area contributed by atoms with E-state index in [0.29, 0.717) is 0 Å². The first-order chi connectivity index (χ1) is 20.3. The lowest BCUT2D eigenvalue weighted by atomic mass is 9.99. The third-order valence-electron chi connectivity index (χ3n) is 7.68.